The number of amides is 1. The number of nitrogens with zero attached hydrogens (tertiary/aromatic N) is 4. The SMILES string of the molecule is CC(C)(C)N(C(=O)O)[C@@H]1CC[C@@H](c2cccc(F)c2F)Cn2c1nnc2C1(C(F)(F)F)CC1. The van der Waals surface area contributed by atoms with Gasteiger partial charge in [0.25, 0.3) is 0 Å². The van der Waals surface area contributed by atoms with Crippen molar-refractivity contribution < 1.29 is 31.9 Å². The Morgan fingerprint density at radius 3 is 2.36 bits per heavy atom. The van der Waals surface area contributed by atoms with E-state index < -0.39 is 46.8 Å². The van der Waals surface area contributed by atoms with Gasteiger partial charge in [0.1, 0.15) is 11.2 Å². The van der Waals surface area contributed by atoms with E-state index in [2.05, 4.69) is 10.2 Å². The largest absolute Gasteiger partial charge is 0.465 e. The number of halogens is 5. The highest BCUT2D eigenvalue weighted by molar-refractivity contribution is 5.66. The Balaban J connectivity index is 1.87. The van der Waals surface area contributed by atoms with Crippen molar-refractivity contribution >= 4 is 6.09 Å². The van der Waals surface area contributed by atoms with Crippen LogP contribution in [-0.2, 0) is 12.0 Å². The van der Waals surface area contributed by atoms with Crippen molar-refractivity contribution in [3.63, 3.8) is 0 Å². The summed E-state index contributed by atoms with van der Waals surface area (Å²) in [5, 5.41) is 17.9. The maximum atomic E-state index is 14.6. The molecule has 11 heteroatoms. The van der Waals surface area contributed by atoms with Crippen LogP contribution in [0, 0.1) is 11.6 Å². The van der Waals surface area contributed by atoms with E-state index in [4.69, 9.17) is 0 Å². The third kappa shape index (κ3) is 3.85. The molecule has 1 saturated carbocycles. The lowest BCUT2D eigenvalue weighted by atomic mass is 9.91. The predicted molar refractivity (Wildman–Crippen MR) is 108 cm³/mol. The van der Waals surface area contributed by atoms with Crippen molar-refractivity contribution in [1.29, 1.82) is 0 Å². The first-order chi connectivity index (χ1) is 15.3. The van der Waals surface area contributed by atoms with Crippen LogP contribution >= 0.6 is 0 Å². The van der Waals surface area contributed by atoms with E-state index in [0.29, 0.717) is 0 Å². The fraction of sp³-hybridized carbons (Fsp3) is 0.591. The maximum Gasteiger partial charge on any atom is 0.408 e. The van der Waals surface area contributed by atoms with Gasteiger partial charge in [-0.1, -0.05) is 12.1 Å². The van der Waals surface area contributed by atoms with Crippen LogP contribution in [0.5, 0.6) is 0 Å². The second kappa shape index (κ2) is 7.66. The minimum atomic E-state index is -4.56. The number of fused-ring (bicyclic) bond motifs is 1. The van der Waals surface area contributed by atoms with Gasteiger partial charge in [-0.3, -0.25) is 4.90 Å². The molecule has 33 heavy (non-hydrogen) atoms. The zero-order valence-corrected chi connectivity index (χ0v) is 18.5. The first kappa shape index (κ1) is 23.4. The Morgan fingerprint density at radius 1 is 1.15 bits per heavy atom. The molecule has 0 saturated heterocycles. The molecule has 0 bridgehead atoms. The number of rotatable bonds is 3. The van der Waals surface area contributed by atoms with Gasteiger partial charge in [0.2, 0.25) is 0 Å². The van der Waals surface area contributed by atoms with Crippen molar-refractivity contribution in [3.8, 4) is 0 Å². The van der Waals surface area contributed by atoms with Gasteiger partial charge in [0, 0.05) is 18.0 Å². The molecule has 0 radical (unpaired) electrons. The van der Waals surface area contributed by atoms with Gasteiger partial charge in [0.05, 0.1) is 6.04 Å². The highest BCUT2D eigenvalue weighted by atomic mass is 19.4. The number of aromatic nitrogens is 3. The Labute approximate surface area is 187 Å². The molecule has 4 rings (SSSR count). The zero-order valence-electron chi connectivity index (χ0n) is 18.5. The Hall–Kier alpha value is -2.72. The fourth-order valence-corrected chi connectivity index (χ4v) is 4.88. The fourth-order valence-electron chi connectivity index (χ4n) is 4.88. The van der Waals surface area contributed by atoms with Gasteiger partial charge in [-0.05, 0) is 58.1 Å². The van der Waals surface area contributed by atoms with Crippen LogP contribution in [-0.4, -0.2) is 42.6 Å². The average molecular weight is 472 g/mol. The van der Waals surface area contributed by atoms with Crippen molar-refractivity contribution in [1.82, 2.24) is 19.7 Å². The third-order valence-corrected chi connectivity index (χ3v) is 6.65. The molecule has 0 unspecified atom stereocenters. The summed E-state index contributed by atoms with van der Waals surface area (Å²) in [6.45, 7) is 4.92. The van der Waals surface area contributed by atoms with Gasteiger partial charge < -0.3 is 9.67 Å². The summed E-state index contributed by atoms with van der Waals surface area (Å²) in [7, 11) is 0. The number of hydrogen-bond acceptors (Lipinski definition) is 3. The van der Waals surface area contributed by atoms with E-state index in [1.165, 1.54) is 16.7 Å². The number of carbonyl (C=O) groups is 1. The molecule has 180 valence electrons. The third-order valence-electron chi connectivity index (χ3n) is 6.65. The summed E-state index contributed by atoms with van der Waals surface area (Å²) in [5.74, 6) is -2.98. The molecule has 6 nitrogen and oxygen atoms in total. The minimum absolute atomic E-state index is 0.0377. The average Bonchev–Trinajstić information content (AvgIpc) is 3.43. The predicted octanol–water partition coefficient (Wildman–Crippen LogP) is 5.55. The molecule has 1 aliphatic heterocycles. The summed E-state index contributed by atoms with van der Waals surface area (Å²) >= 11 is 0. The molecular weight excluding hydrogens is 447 g/mol. The van der Waals surface area contributed by atoms with Gasteiger partial charge in [-0.25, -0.2) is 13.6 Å². The number of hydrogen-bond donors (Lipinski definition) is 1. The monoisotopic (exact) mass is 472 g/mol. The van der Waals surface area contributed by atoms with E-state index in [9.17, 15) is 31.9 Å². The molecule has 2 atom stereocenters. The van der Waals surface area contributed by atoms with Gasteiger partial charge in [-0.15, -0.1) is 10.2 Å². The standard InChI is InChI=1S/C22H25F5N4O2/c1-20(2,3)31(19(32)33)15-8-7-12(13-5-4-6-14(23)16(13)24)11-30-17(15)28-29-18(30)21(9-10-21)22(25,26)27/h4-6,12,15H,7-11H2,1-3H3,(H,32,33)/t12-,15-/m1/s1. The van der Waals surface area contributed by atoms with E-state index in [0.717, 1.165) is 11.0 Å². The topological polar surface area (TPSA) is 71.2 Å². The first-order valence-electron chi connectivity index (χ1n) is 10.7. The van der Waals surface area contributed by atoms with E-state index in [1.54, 1.807) is 20.8 Å². The van der Waals surface area contributed by atoms with E-state index in [-0.39, 0.29) is 49.4 Å². The molecule has 1 N–H and O–H groups in total. The Morgan fingerprint density at radius 2 is 1.82 bits per heavy atom. The smallest absolute Gasteiger partial charge is 0.408 e. The minimum Gasteiger partial charge on any atom is -0.465 e. The number of benzene rings is 1. The molecule has 0 spiro atoms. The summed E-state index contributed by atoms with van der Waals surface area (Å²) in [6.07, 6.45) is -5.72. The van der Waals surface area contributed by atoms with Crippen LogP contribution in [0.2, 0.25) is 0 Å². The molecule has 1 aromatic carbocycles. The van der Waals surface area contributed by atoms with E-state index in [1.807, 2.05) is 0 Å². The van der Waals surface area contributed by atoms with Crippen molar-refractivity contribution in [2.75, 3.05) is 0 Å². The summed E-state index contributed by atoms with van der Waals surface area (Å²) in [4.78, 5) is 13.3. The summed E-state index contributed by atoms with van der Waals surface area (Å²) < 4.78 is 71.7. The van der Waals surface area contributed by atoms with Crippen LogP contribution in [0.1, 0.15) is 75.6 Å². The Bertz CT molecular complexity index is 1070. The van der Waals surface area contributed by atoms with Crippen molar-refractivity contribution in [2.45, 2.75) is 82.1 Å². The lowest BCUT2D eigenvalue weighted by molar-refractivity contribution is -0.163. The Kier molecular flexibility index (Phi) is 5.44. The van der Waals surface area contributed by atoms with Crippen molar-refractivity contribution in [3.05, 3.63) is 47.0 Å². The maximum absolute atomic E-state index is 14.6. The van der Waals surface area contributed by atoms with Crippen LogP contribution in [0.3, 0.4) is 0 Å². The van der Waals surface area contributed by atoms with Gasteiger partial charge in [0.15, 0.2) is 17.5 Å². The van der Waals surface area contributed by atoms with Crippen molar-refractivity contribution in [2.24, 2.45) is 0 Å². The normalized spacial score (nSPS) is 22.4. The van der Waals surface area contributed by atoms with Gasteiger partial charge >= 0.3 is 12.3 Å². The highest BCUT2D eigenvalue weighted by Gasteiger charge is 2.67. The van der Waals surface area contributed by atoms with Gasteiger partial charge in [-0.2, -0.15) is 13.2 Å². The van der Waals surface area contributed by atoms with Crippen LogP contribution in [0.25, 0.3) is 0 Å². The second-order valence-electron chi connectivity index (χ2n) is 9.83. The second-order valence-corrected chi connectivity index (χ2v) is 9.83. The van der Waals surface area contributed by atoms with Crippen LogP contribution in [0.4, 0.5) is 26.7 Å². The highest BCUT2D eigenvalue weighted by Crippen LogP contribution is 2.59. The molecular formula is C22H25F5N4O2. The number of alkyl halides is 3. The van der Waals surface area contributed by atoms with Crippen LogP contribution < -0.4 is 0 Å². The summed E-state index contributed by atoms with van der Waals surface area (Å²) in [5.41, 5.74) is -3.01. The first-order valence-corrected chi connectivity index (χ1v) is 10.7. The molecule has 1 aliphatic carbocycles. The molecule has 1 fully saturated rings. The molecule has 1 amide bonds. The summed E-state index contributed by atoms with van der Waals surface area (Å²) in [6, 6.07) is 2.83. The lowest BCUT2D eigenvalue weighted by Crippen LogP contribution is -2.47. The zero-order chi connectivity index (χ0) is 24.3. The molecule has 1 aromatic heterocycles. The van der Waals surface area contributed by atoms with E-state index >= 15 is 0 Å². The lowest BCUT2D eigenvalue weighted by Gasteiger charge is -2.38. The molecule has 2 aliphatic rings. The number of carboxylic acid groups (broad SMARTS) is 1. The molecule has 2 aromatic rings. The molecule has 2 heterocycles. The van der Waals surface area contributed by atoms with Crippen LogP contribution in [0.15, 0.2) is 18.2 Å². The quantitative estimate of drug-likeness (QED) is 0.595.